The van der Waals surface area contributed by atoms with Crippen molar-refractivity contribution >= 4 is 0 Å². The van der Waals surface area contributed by atoms with Crippen LogP contribution in [-0.2, 0) is 6.54 Å². The van der Waals surface area contributed by atoms with Gasteiger partial charge < -0.3 is 5.73 Å². The van der Waals surface area contributed by atoms with Gasteiger partial charge in [0.25, 0.3) is 0 Å². The van der Waals surface area contributed by atoms with Gasteiger partial charge in [0, 0.05) is 17.8 Å². The first kappa shape index (κ1) is 12.6. The van der Waals surface area contributed by atoms with Gasteiger partial charge in [0.05, 0.1) is 0 Å². The van der Waals surface area contributed by atoms with Crippen LogP contribution in [0, 0.1) is 6.92 Å². The number of hydrogen-bond acceptors (Lipinski definition) is 3. The van der Waals surface area contributed by atoms with E-state index in [1.807, 2.05) is 55.5 Å². The molecule has 0 aliphatic heterocycles. The second kappa shape index (κ2) is 5.27. The van der Waals surface area contributed by atoms with E-state index in [-0.39, 0.29) is 0 Å². The molecule has 0 saturated carbocycles. The molecule has 2 N–H and O–H groups in total. The number of rotatable bonds is 3. The van der Waals surface area contributed by atoms with Crippen molar-refractivity contribution in [1.82, 2.24) is 14.8 Å². The van der Waals surface area contributed by atoms with Gasteiger partial charge in [-0.2, -0.15) is 0 Å². The van der Waals surface area contributed by atoms with E-state index >= 15 is 0 Å². The van der Waals surface area contributed by atoms with E-state index < -0.39 is 0 Å². The third-order valence-electron chi connectivity index (χ3n) is 3.26. The average Bonchev–Trinajstić information content (AvgIpc) is 2.90. The number of nitrogens with zero attached hydrogens (tertiary/aromatic N) is 3. The zero-order chi connectivity index (χ0) is 13.9. The summed E-state index contributed by atoms with van der Waals surface area (Å²) < 4.78 is 2.05. The molecule has 0 saturated heterocycles. The van der Waals surface area contributed by atoms with Crippen LogP contribution in [0.25, 0.3) is 17.1 Å². The van der Waals surface area contributed by atoms with Gasteiger partial charge in [0.1, 0.15) is 5.82 Å². The number of aryl methyl sites for hydroxylation is 1. The normalized spacial score (nSPS) is 10.7. The van der Waals surface area contributed by atoms with Crippen molar-refractivity contribution in [3.05, 3.63) is 66.0 Å². The lowest BCUT2D eigenvalue weighted by atomic mass is 10.1. The Labute approximate surface area is 117 Å². The molecule has 0 aliphatic carbocycles. The molecule has 0 aliphatic rings. The van der Waals surface area contributed by atoms with Crippen LogP contribution < -0.4 is 5.73 Å². The Balaban J connectivity index is 2.16. The van der Waals surface area contributed by atoms with Crippen molar-refractivity contribution in [3.8, 4) is 17.1 Å². The summed E-state index contributed by atoms with van der Waals surface area (Å²) in [5.41, 5.74) is 8.88. The lowest BCUT2D eigenvalue weighted by Crippen LogP contribution is -2.01. The molecule has 4 heteroatoms. The van der Waals surface area contributed by atoms with E-state index in [1.165, 1.54) is 0 Å². The zero-order valence-electron chi connectivity index (χ0n) is 11.3. The molecule has 0 bridgehead atoms. The fourth-order valence-corrected chi connectivity index (χ4v) is 2.27. The average molecular weight is 264 g/mol. The SMILES string of the molecule is Cc1nnc(-c2cccc(CN)c2)n1-c1ccccc1. The predicted molar refractivity (Wildman–Crippen MR) is 79.4 cm³/mol. The highest BCUT2D eigenvalue weighted by atomic mass is 15.3. The number of benzene rings is 2. The molecular weight excluding hydrogens is 248 g/mol. The van der Waals surface area contributed by atoms with Gasteiger partial charge in [0.15, 0.2) is 5.82 Å². The van der Waals surface area contributed by atoms with Crippen LogP contribution in [0.4, 0.5) is 0 Å². The lowest BCUT2D eigenvalue weighted by Gasteiger charge is -2.09. The highest BCUT2D eigenvalue weighted by molar-refractivity contribution is 5.59. The zero-order valence-corrected chi connectivity index (χ0v) is 11.3. The largest absolute Gasteiger partial charge is 0.326 e. The van der Waals surface area contributed by atoms with Crippen LogP contribution in [0.15, 0.2) is 54.6 Å². The summed E-state index contributed by atoms with van der Waals surface area (Å²) in [7, 11) is 0. The van der Waals surface area contributed by atoms with Crippen molar-refractivity contribution in [2.75, 3.05) is 0 Å². The number of hydrogen-bond donors (Lipinski definition) is 1. The fourth-order valence-electron chi connectivity index (χ4n) is 2.27. The standard InChI is InChI=1S/C16H16N4/c1-12-18-19-16(14-7-5-6-13(10-14)11-17)20(12)15-8-3-2-4-9-15/h2-10H,11,17H2,1H3. The Morgan fingerprint density at radius 3 is 2.55 bits per heavy atom. The van der Waals surface area contributed by atoms with E-state index in [4.69, 9.17) is 5.73 Å². The summed E-state index contributed by atoms with van der Waals surface area (Å²) >= 11 is 0. The Kier molecular flexibility index (Phi) is 3.31. The summed E-state index contributed by atoms with van der Waals surface area (Å²) in [5, 5.41) is 8.52. The van der Waals surface area contributed by atoms with Crippen LogP contribution in [0.5, 0.6) is 0 Å². The Hall–Kier alpha value is -2.46. The van der Waals surface area contributed by atoms with E-state index in [2.05, 4.69) is 20.8 Å². The van der Waals surface area contributed by atoms with Gasteiger partial charge in [-0.3, -0.25) is 4.57 Å². The van der Waals surface area contributed by atoms with Crippen LogP contribution in [0.3, 0.4) is 0 Å². The van der Waals surface area contributed by atoms with Crippen molar-refractivity contribution in [3.63, 3.8) is 0 Å². The van der Waals surface area contributed by atoms with Gasteiger partial charge in [-0.15, -0.1) is 10.2 Å². The van der Waals surface area contributed by atoms with Crippen molar-refractivity contribution < 1.29 is 0 Å². The third-order valence-corrected chi connectivity index (χ3v) is 3.26. The molecule has 3 rings (SSSR count). The van der Waals surface area contributed by atoms with Gasteiger partial charge in [-0.25, -0.2) is 0 Å². The first-order valence-electron chi connectivity index (χ1n) is 6.56. The van der Waals surface area contributed by atoms with Crippen molar-refractivity contribution in [1.29, 1.82) is 0 Å². The smallest absolute Gasteiger partial charge is 0.168 e. The Morgan fingerprint density at radius 2 is 1.80 bits per heavy atom. The molecule has 100 valence electrons. The number of nitrogens with two attached hydrogens (primary N) is 1. The second-order valence-electron chi connectivity index (χ2n) is 4.65. The first-order valence-corrected chi connectivity index (χ1v) is 6.56. The molecule has 0 atom stereocenters. The third kappa shape index (κ3) is 2.21. The fraction of sp³-hybridized carbons (Fsp3) is 0.125. The van der Waals surface area contributed by atoms with E-state index in [1.54, 1.807) is 0 Å². The van der Waals surface area contributed by atoms with Gasteiger partial charge >= 0.3 is 0 Å². The maximum atomic E-state index is 5.71. The molecular formula is C16H16N4. The van der Waals surface area contributed by atoms with E-state index in [0.717, 1.165) is 28.5 Å². The highest BCUT2D eigenvalue weighted by Gasteiger charge is 2.12. The van der Waals surface area contributed by atoms with Crippen LogP contribution >= 0.6 is 0 Å². The molecule has 1 heterocycles. The van der Waals surface area contributed by atoms with Gasteiger partial charge in [-0.1, -0.05) is 36.4 Å². The molecule has 4 nitrogen and oxygen atoms in total. The van der Waals surface area contributed by atoms with Crippen LogP contribution in [-0.4, -0.2) is 14.8 Å². The topological polar surface area (TPSA) is 56.7 Å². The van der Waals surface area contributed by atoms with E-state index in [0.29, 0.717) is 6.54 Å². The minimum Gasteiger partial charge on any atom is -0.326 e. The molecule has 3 aromatic rings. The quantitative estimate of drug-likeness (QED) is 0.791. The van der Waals surface area contributed by atoms with Crippen molar-refractivity contribution in [2.24, 2.45) is 5.73 Å². The first-order chi connectivity index (χ1) is 9.79. The highest BCUT2D eigenvalue weighted by Crippen LogP contribution is 2.23. The Morgan fingerprint density at radius 1 is 1.00 bits per heavy atom. The molecule has 1 aromatic heterocycles. The molecule has 0 fully saturated rings. The summed E-state index contributed by atoms with van der Waals surface area (Å²) in [6.45, 7) is 2.47. The maximum Gasteiger partial charge on any atom is 0.168 e. The van der Waals surface area contributed by atoms with Crippen molar-refractivity contribution in [2.45, 2.75) is 13.5 Å². The predicted octanol–water partition coefficient (Wildman–Crippen LogP) is 2.70. The Bertz CT molecular complexity index is 716. The molecule has 2 aromatic carbocycles. The minimum absolute atomic E-state index is 0.520. The summed E-state index contributed by atoms with van der Waals surface area (Å²) in [4.78, 5) is 0. The monoisotopic (exact) mass is 264 g/mol. The summed E-state index contributed by atoms with van der Waals surface area (Å²) in [6.07, 6.45) is 0. The van der Waals surface area contributed by atoms with Crippen LogP contribution in [0.2, 0.25) is 0 Å². The van der Waals surface area contributed by atoms with Crippen LogP contribution in [0.1, 0.15) is 11.4 Å². The molecule has 0 radical (unpaired) electrons. The summed E-state index contributed by atoms with van der Waals surface area (Å²) in [6, 6.07) is 18.2. The molecule has 0 amide bonds. The molecule has 20 heavy (non-hydrogen) atoms. The lowest BCUT2D eigenvalue weighted by molar-refractivity contribution is 0.971. The van der Waals surface area contributed by atoms with Gasteiger partial charge in [0.2, 0.25) is 0 Å². The van der Waals surface area contributed by atoms with Gasteiger partial charge in [-0.05, 0) is 30.7 Å². The number of aromatic nitrogens is 3. The minimum atomic E-state index is 0.520. The summed E-state index contributed by atoms with van der Waals surface area (Å²) in [5.74, 6) is 1.70. The molecule has 0 unspecified atom stereocenters. The maximum absolute atomic E-state index is 5.71. The molecule has 0 spiro atoms. The second-order valence-corrected chi connectivity index (χ2v) is 4.65. The number of para-hydroxylation sites is 1. The van der Waals surface area contributed by atoms with E-state index in [9.17, 15) is 0 Å².